The van der Waals surface area contributed by atoms with E-state index in [-0.39, 0.29) is 11.9 Å². The van der Waals surface area contributed by atoms with Gasteiger partial charge in [-0.2, -0.15) is 0 Å². The maximum atomic E-state index is 12.7. The molecule has 0 aliphatic heterocycles. The van der Waals surface area contributed by atoms with Crippen molar-refractivity contribution in [2.45, 2.75) is 38.6 Å². The molecule has 2 aromatic rings. The second kappa shape index (κ2) is 9.11. The van der Waals surface area contributed by atoms with Gasteiger partial charge in [-0.25, -0.2) is 0 Å². The van der Waals surface area contributed by atoms with Crippen molar-refractivity contribution in [1.82, 2.24) is 4.90 Å². The van der Waals surface area contributed by atoms with Crippen LogP contribution in [0.25, 0.3) is 0 Å². The van der Waals surface area contributed by atoms with E-state index in [9.17, 15) is 4.79 Å². The van der Waals surface area contributed by atoms with E-state index >= 15 is 0 Å². The largest absolute Gasteiger partial charge is 0.493 e. The molecule has 5 nitrogen and oxygen atoms in total. The van der Waals surface area contributed by atoms with E-state index in [1.54, 1.807) is 14.2 Å². The number of nitrogens with zero attached hydrogens (tertiary/aromatic N) is 1. The van der Waals surface area contributed by atoms with Crippen molar-refractivity contribution in [3.8, 4) is 11.5 Å². The molecule has 0 saturated carbocycles. The highest BCUT2D eigenvalue weighted by atomic mass is 16.5. The fourth-order valence-electron chi connectivity index (χ4n) is 3.63. The van der Waals surface area contributed by atoms with E-state index in [4.69, 9.17) is 9.47 Å². The minimum atomic E-state index is -0.214. The lowest BCUT2D eigenvalue weighted by atomic mass is 10.1. The normalized spacial score (nSPS) is 13.9. The van der Waals surface area contributed by atoms with E-state index in [1.165, 1.54) is 17.5 Å². The number of methoxy groups -OCH3 is 2. The van der Waals surface area contributed by atoms with Crippen LogP contribution in [-0.4, -0.2) is 44.7 Å². The summed E-state index contributed by atoms with van der Waals surface area (Å²) in [4.78, 5) is 14.7. The number of hydrogen-bond acceptors (Lipinski definition) is 4. The van der Waals surface area contributed by atoms with Crippen molar-refractivity contribution < 1.29 is 14.3 Å². The quantitative estimate of drug-likeness (QED) is 0.756. The zero-order valence-electron chi connectivity index (χ0n) is 17.2. The number of amides is 1. The highest BCUT2D eigenvalue weighted by molar-refractivity contribution is 5.94. The number of likely N-dealkylation sites (N-methyl/N-ethyl adjacent to an activating group) is 1. The predicted octanol–water partition coefficient (Wildman–Crippen LogP) is 3.69. The van der Waals surface area contributed by atoms with Gasteiger partial charge < -0.3 is 14.8 Å². The number of carbonyl (C=O) groups excluding carboxylic acids is 1. The van der Waals surface area contributed by atoms with Gasteiger partial charge in [-0.1, -0.05) is 12.1 Å². The fraction of sp³-hybridized carbons (Fsp3) is 0.435. The molecular weight excluding hydrogens is 352 g/mol. The Balaban J connectivity index is 1.55. The molecule has 0 heterocycles. The SMILES string of the molecule is COc1ccc(CCN(C)[C@@H](C)C(=O)Nc2ccc3c(c2)CCC3)cc1OC. The molecule has 2 aromatic carbocycles. The zero-order chi connectivity index (χ0) is 20.1. The summed E-state index contributed by atoms with van der Waals surface area (Å²) in [6, 6.07) is 12.0. The summed E-state index contributed by atoms with van der Waals surface area (Å²) in [6.07, 6.45) is 4.30. The van der Waals surface area contributed by atoms with Crippen molar-refractivity contribution in [2.24, 2.45) is 0 Å². The summed E-state index contributed by atoms with van der Waals surface area (Å²) >= 11 is 0. The molecule has 0 aromatic heterocycles. The van der Waals surface area contributed by atoms with Gasteiger partial charge in [-0.15, -0.1) is 0 Å². The lowest BCUT2D eigenvalue weighted by molar-refractivity contribution is -0.120. The van der Waals surface area contributed by atoms with Gasteiger partial charge in [0, 0.05) is 12.2 Å². The molecule has 0 unspecified atom stereocenters. The van der Waals surface area contributed by atoms with Crippen LogP contribution in [0.2, 0.25) is 0 Å². The van der Waals surface area contributed by atoms with E-state index in [0.29, 0.717) is 0 Å². The summed E-state index contributed by atoms with van der Waals surface area (Å²) in [5.41, 5.74) is 4.83. The van der Waals surface area contributed by atoms with Crippen LogP contribution in [0.1, 0.15) is 30.0 Å². The van der Waals surface area contributed by atoms with Crippen LogP contribution < -0.4 is 14.8 Å². The first-order valence-corrected chi connectivity index (χ1v) is 9.85. The van der Waals surface area contributed by atoms with Gasteiger partial charge in [-0.3, -0.25) is 9.69 Å². The van der Waals surface area contributed by atoms with Crippen LogP contribution in [-0.2, 0) is 24.1 Å². The first kappa shape index (κ1) is 20.2. The second-order valence-corrected chi connectivity index (χ2v) is 7.42. The smallest absolute Gasteiger partial charge is 0.241 e. The zero-order valence-corrected chi connectivity index (χ0v) is 17.2. The summed E-state index contributed by atoms with van der Waals surface area (Å²) in [5.74, 6) is 1.47. The number of anilines is 1. The topological polar surface area (TPSA) is 50.8 Å². The maximum absolute atomic E-state index is 12.7. The first-order chi connectivity index (χ1) is 13.5. The third-order valence-corrected chi connectivity index (χ3v) is 5.61. The number of benzene rings is 2. The molecule has 0 radical (unpaired) electrons. The van der Waals surface area contributed by atoms with Crippen molar-refractivity contribution in [2.75, 3.05) is 33.1 Å². The van der Waals surface area contributed by atoms with Crippen molar-refractivity contribution in [3.05, 3.63) is 53.1 Å². The monoisotopic (exact) mass is 382 g/mol. The highest BCUT2D eigenvalue weighted by Gasteiger charge is 2.19. The molecule has 1 N–H and O–H groups in total. The van der Waals surface area contributed by atoms with Gasteiger partial charge in [0.2, 0.25) is 5.91 Å². The third-order valence-electron chi connectivity index (χ3n) is 5.61. The molecule has 1 aliphatic carbocycles. The summed E-state index contributed by atoms with van der Waals surface area (Å²) < 4.78 is 10.6. The molecule has 3 rings (SSSR count). The Labute approximate surface area is 167 Å². The predicted molar refractivity (Wildman–Crippen MR) is 112 cm³/mol. The van der Waals surface area contributed by atoms with Crippen LogP contribution >= 0.6 is 0 Å². The lowest BCUT2D eigenvalue weighted by Crippen LogP contribution is -2.40. The van der Waals surface area contributed by atoms with E-state index < -0.39 is 0 Å². The van der Waals surface area contributed by atoms with Gasteiger partial charge in [0.25, 0.3) is 0 Å². The fourth-order valence-corrected chi connectivity index (χ4v) is 3.63. The van der Waals surface area contributed by atoms with E-state index in [2.05, 4.69) is 22.3 Å². The number of ether oxygens (including phenoxy) is 2. The molecule has 1 amide bonds. The van der Waals surface area contributed by atoms with Gasteiger partial charge in [-0.05, 0) is 80.6 Å². The second-order valence-electron chi connectivity index (χ2n) is 7.42. The molecule has 28 heavy (non-hydrogen) atoms. The molecule has 0 fully saturated rings. The number of hydrogen-bond donors (Lipinski definition) is 1. The number of rotatable bonds is 8. The van der Waals surface area contributed by atoms with E-state index in [1.807, 2.05) is 38.2 Å². The molecule has 150 valence electrons. The van der Waals surface area contributed by atoms with Crippen LogP contribution in [0.5, 0.6) is 11.5 Å². The summed E-state index contributed by atoms with van der Waals surface area (Å²) in [7, 11) is 5.25. The molecule has 0 bridgehead atoms. The molecule has 1 aliphatic rings. The highest BCUT2D eigenvalue weighted by Crippen LogP contribution is 2.28. The molecular formula is C23H30N2O3. The maximum Gasteiger partial charge on any atom is 0.241 e. The molecule has 0 spiro atoms. The Morgan fingerprint density at radius 1 is 1.07 bits per heavy atom. The van der Waals surface area contributed by atoms with Crippen molar-refractivity contribution in [1.29, 1.82) is 0 Å². The van der Waals surface area contributed by atoms with Crippen LogP contribution in [0.3, 0.4) is 0 Å². The Morgan fingerprint density at radius 3 is 2.57 bits per heavy atom. The molecule has 5 heteroatoms. The van der Waals surface area contributed by atoms with Crippen molar-refractivity contribution >= 4 is 11.6 Å². The minimum absolute atomic E-state index is 0.0211. The number of nitrogens with one attached hydrogen (secondary N) is 1. The Bertz CT molecular complexity index is 835. The van der Waals surface area contributed by atoms with Gasteiger partial charge in [0.1, 0.15) is 0 Å². The van der Waals surface area contributed by atoms with Gasteiger partial charge in [0.05, 0.1) is 20.3 Å². The van der Waals surface area contributed by atoms with Crippen LogP contribution in [0.4, 0.5) is 5.69 Å². The molecule has 1 atom stereocenters. The Morgan fingerprint density at radius 2 is 1.82 bits per heavy atom. The number of fused-ring (bicyclic) bond motifs is 1. The molecule has 0 saturated heterocycles. The Hall–Kier alpha value is -2.53. The summed E-state index contributed by atoms with van der Waals surface area (Å²) in [5, 5.41) is 3.07. The number of aryl methyl sites for hydroxylation is 2. The first-order valence-electron chi connectivity index (χ1n) is 9.85. The average molecular weight is 383 g/mol. The van der Waals surface area contributed by atoms with Gasteiger partial charge in [0.15, 0.2) is 11.5 Å². The van der Waals surface area contributed by atoms with E-state index in [0.717, 1.165) is 48.6 Å². The standard InChI is InChI=1S/C23H30N2O3/c1-16(23(26)24-20-10-9-18-6-5-7-19(18)15-20)25(2)13-12-17-8-11-21(27-3)22(14-17)28-4/h8-11,14-16H,5-7,12-13H2,1-4H3,(H,24,26)/t16-/m0/s1. The lowest BCUT2D eigenvalue weighted by Gasteiger charge is -2.24. The van der Waals surface area contributed by atoms with Gasteiger partial charge >= 0.3 is 0 Å². The third kappa shape index (κ3) is 4.65. The van der Waals surface area contributed by atoms with Crippen molar-refractivity contribution in [3.63, 3.8) is 0 Å². The van der Waals surface area contributed by atoms with Crippen LogP contribution in [0.15, 0.2) is 36.4 Å². The number of carbonyl (C=O) groups is 1. The minimum Gasteiger partial charge on any atom is -0.493 e. The average Bonchev–Trinajstić information content (AvgIpc) is 3.18. The Kier molecular flexibility index (Phi) is 6.57. The summed E-state index contributed by atoms with van der Waals surface area (Å²) in [6.45, 7) is 2.71. The van der Waals surface area contributed by atoms with Crippen LogP contribution in [0, 0.1) is 0 Å².